The summed E-state index contributed by atoms with van der Waals surface area (Å²) in [4.78, 5) is 26.0. The van der Waals surface area contributed by atoms with E-state index in [0.717, 1.165) is 0 Å². The first-order valence-electron chi connectivity index (χ1n) is 7.01. The Morgan fingerprint density at radius 2 is 2.25 bits per heavy atom. The summed E-state index contributed by atoms with van der Waals surface area (Å²) in [6.45, 7) is 5.35. The second-order valence-corrected chi connectivity index (χ2v) is 8.97. The van der Waals surface area contributed by atoms with Crippen LogP contribution in [0.4, 0.5) is 9.93 Å². The molecule has 0 saturated carbocycles. The highest BCUT2D eigenvalue weighted by atomic mass is 32.2. The van der Waals surface area contributed by atoms with Crippen LogP contribution in [0.3, 0.4) is 0 Å². The Hall–Kier alpha value is -1.51. The van der Waals surface area contributed by atoms with Crippen molar-refractivity contribution < 1.29 is 14.3 Å². The smallest absolute Gasteiger partial charge is 0.411 e. The average molecular weight is 388 g/mol. The van der Waals surface area contributed by atoms with Crippen molar-refractivity contribution in [1.82, 2.24) is 15.1 Å². The Labute approximate surface area is 152 Å². The van der Waals surface area contributed by atoms with E-state index in [4.69, 9.17) is 10.00 Å². The molecule has 2 heterocycles. The predicted molar refractivity (Wildman–Crippen MR) is 94.1 cm³/mol. The zero-order valence-electron chi connectivity index (χ0n) is 13.4. The van der Waals surface area contributed by atoms with Crippen molar-refractivity contribution in [2.75, 3.05) is 22.7 Å². The number of hydrogen-bond acceptors (Lipinski definition) is 9. The van der Waals surface area contributed by atoms with E-state index in [2.05, 4.69) is 15.5 Å². The summed E-state index contributed by atoms with van der Waals surface area (Å²) in [6, 6.07) is 1.39. The molecule has 130 valence electrons. The third-order valence-corrected chi connectivity index (χ3v) is 5.56. The number of aromatic nitrogens is 2. The molecule has 1 aromatic heterocycles. The lowest BCUT2D eigenvalue weighted by molar-refractivity contribution is -0.120. The van der Waals surface area contributed by atoms with Crippen molar-refractivity contribution in [2.45, 2.75) is 36.8 Å². The van der Waals surface area contributed by atoms with Crippen molar-refractivity contribution in [3.8, 4) is 6.07 Å². The zero-order chi connectivity index (χ0) is 17.7. The highest BCUT2D eigenvalue weighted by molar-refractivity contribution is 8.01. The molecule has 0 aliphatic carbocycles. The number of rotatable bonds is 4. The van der Waals surface area contributed by atoms with Crippen molar-refractivity contribution in [1.29, 1.82) is 5.26 Å². The van der Waals surface area contributed by atoms with Crippen LogP contribution in [-0.4, -0.2) is 56.1 Å². The Kier molecular flexibility index (Phi) is 6.31. The van der Waals surface area contributed by atoms with E-state index in [-0.39, 0.29) is 11.7 Å². The quantitative estimate of drug-likeness (QED) is 0.620. The molecule has 1 aliphatic heterocycles. The lowest BCUT2D eigenvalue weighted by Gasteiger charge is -2.27. The molecule has 1 saturated heterocycles. The summed E-state index contributed by atoms with van der Waals surface area (Å²) in [7, 11) is 0. The van der Waals surface area contributed by atoms with Gasteiger partial charge < -0.3 is 4.74 Å². The molecule has 1 aliphatic rings. The topological polar surface area (TPSA) is 108 Å². The van der Waals surface area contributed by atoms with E-state index in [0.29, 0.717) is 21.1 Å². The minimum Gasteiger partial charge on any atom is -0.444 e. The maximum atomic E-state index is 12.4. The number of anilines is 1. The molecule has 0 aromatic carbocycles. The standard InChI is InChI=1S/C13H17N5O3S3/c1-13(2,3)21-12(20)18-7-22-6-8(18)9(19)15-10-16-17-11(24-10)23-5-4-14/h8H,5-7H2,1-3H3,(H,15,16,19). The van der Waals surface area contributed by atoms with E-state index >= 15 is 0 Å². The van der Waals surface area contributed by atoms with Gasteiger partial charge in [-0.15, -0.1) is 22.0 Å². The third-order valence-electron chi connectivity index (χ3n) is 2.71. The summed E-state index contributed by atoms with van der Waals surface area (Å²) in [6.07, 6.45) is -0.504. The minimum absolute atomic E-state index is 0.272. The SMILES string of the molecule is CC(C)(C)OC(=O)N1CSCC1C(=O)Nc1nnc(SCC#N)s1. The number of hydrogen-bond donors (Lipinski definition) is 1. The van der Waals surface area contributed by atoms with Gasteiger partial charge in [-0.2, -0.15) is 5.26 Å². The fourth-order valence-corrected chi connectivity index (χ4v) is 4.32. The molecule has 1 atom stereocenters. The van der Waals surface area contributed by atoms with Crippen LogP contribution >= 0.6 is 34.9 Å². The van der Waals surface area contributed by atoms with Gasteiger partial charge in [-0.3, -0.25) is 15.0 Å². The molecule has 1 fully saturated rings. The molecule has 24 heavy (non-hydrogen) atoms. The van der Waals surface area contributed by atoms with Crippen molar-refractivity contribution in [2.24, 2.45) is 0 Å². The van der Waals surface area contributed by atoms with Crippen LogP contribution in [0.15, 0.2) is 4.34 Å². The van der Waals surface area contributed by atoms with E-state index in [1.807, 2.05) is 6.07 Å². The van der Waals surface area contributed by atoms with Crippen LogP contribution < -0.4 is 5.32 Å². The minimum atomic E-state index is -0.614. The molecule has 2 rings (SSSR count). The number of nitrogens with one attached hydrogen (secondary N) is 1. The van der Waals surface area contributed by atoms with Gasteiger partial charge in [-0.25, -0.2) is 4.79 Å². The molecule has 1 N–H and O–H groups in total. The second kappa shape index (κ2) is 8.04. The molecule has 0 radical (unpaired) electrons. The van der Waals surface area contributed by atoms with Crippen LogP contribution in [0.1, 0.15) is 20.8 Å². The van der Waals surface area contributed by atoms with Crippen molar-refractivity contribution >= 4 is 52.0 Å². The fourth-order valence-electron chi connectivity index (χ4n) is 1.76. The maximum absolute atomic E-state index is 12.4. The van der Waals surface area contributed by atoms with Gasteiger partial charge in [0, 0.05) is 5.75 Å². The monoisotopic (exact) mass is 387 g/mol. The third kappa shape index (κ3) is 5.25. The second-order valence-electron chi connectivity index (χ2n) is 5.77. The van der Waals surface area contributed by atoms with Gasteiger partial charge >= 0.3 is 6.09 Å². The number of ether oxygens (including phenoxy) is 1. The van der Waals surface area contributed by atoms with Gasteiger partial charge in [-0.1, -0.05) is 23.1 Å². The first kappa shape index (κ1) is 18.8. The van der Waals surface area contributed by atoms with Crippen molar-refractivity contribution in [3.63, 3.8) is 0 Å². The van der Waals surface area contributed by atoms with Gasteiger partial charge in [-0.05, 0) is 20.8 Å². The Morgan fingerprint density at radius 1 is 1.50 bits per heavy atom. The number of carbonyl (C=O) groups is 2. The van der Waals surface area contributed by atoms with Crippen molar-refractivity contribution in [3.05, 3.63) is 0 Å². The van der Waals surface area contributed by atoms with Gasteiger partial charge in [0.1, 0.15) is 11.6 Å². The van der Waals surface area contributed by atoms with E-state index < -0.39 is 17.7 Å². The van der Waals surface area contributed by atoms with Crippen LogP contribution in [0.5, 0.6) is 0 Å². The molecule has 11 heteroatoms. The van der Waals surface area contributed by atoms with Crippen LogP contribution in [-0.2, 0) is 9.53 Å². The normalized spacial score (nSPS) is 17.4. The summed E-state index contributed by atoms with van der Waals surface area (Å²) in [5, 5.41) is 19.3. The number of carbonyl (C=O) groups excluding carboxylic acids is 2. The zero-order valence-corrected chi connectivity index (χ0v) is 15.9. The lowest BCUT2D eigenvalue weighted by atomic mass is 10.2. The first-order valence-corrected chi connectivity index (χ1v) is 9.97. The lowest BCUT2D eigenvalue weighted by Crippen LogP contribution is -2.46. The highest BCUT2D eigenvalue weighted by Crippen LogP contribution is 2.27. The van der Waals surface area contributed by atoms with Crippen LogP contribution in [0, 0.1) is 11.3 Å². The van der Waals surface area contributed by atoms with Crippen LogP contribution in [0.25, 0.3) is 0 Å². The highest BCUT2D eigenvalue weighted by Gasteiger charge is 2.37. The van der Waals surface area contributed by atoms with E-state index in [1.54, 1.807) is 20.8 Å². The number of thioether (sulfide) groups is 2. The van der Waals surface area contributed by atoms with E-state index in [1.165, 1.54) is 39.8 Å². The Bertz CT molecular complexity index is 652. The molecule has 0 spiro atoms. The fraction of sp³-hybridized carbons (Fsp3) is 0.615. The molecule has 0 bridgehead atoms. The summed E-state index contributed by atoms with van der Waals surface area (Å²) < 4.78 is 5.94. The molecule has 2 amide bonds. The average Bonchev–Trinajstić information content (AvgIpc) is 3.12. The number of nitriles is 1. The molecule has 1 unspecified atom stereocenters. The summed E-state index contributed by atoms with van der Waals surface area (Å²) in [5.74, 6) is 0.861. The predicted octanol–water partition coefficient (Wildman–Crippen LogP) is 2.40. The molecule has 8 nitrogen and oxygen atoms in total. The maximum Gasteiger partial charge on any atom is 0.411 e. The Balaban J connectivity index is 1.97. The van der Waals surface area contributed by atoms with Gasteiger partial charge in [0.05, 0.1) is 17.7 Å². The molecular weight excluding hydrogens is 370 g/mol. The van der Waals surface area contributed by atoms with Gasteiger partial charge in [0.2, 0.25) is 11.0 Å². The summed E-state index contributed by atoms with van der Waals surface area (Å²) >= 11 is 3.94. The number of amides is 2. The first-order chi connectivity index (χ1) is 11.3. The Morgan fingerprint density at radius 3 is 2.92 bits per heavy atom. The van der Waals surface area contributed by atoms with E-state index in [9.17, 15) is 9.59 Å². The molecule has 1 aromatic rings. The van der Waals surface area contributed by atoms with Crippen LogP contribution in [0.2, 0.25) is 0 Å². The van der Waals surface area contributed by atoms with Gasteiger partial charge in [0.15, 0.2) is 4.34 Å². The summed E-state index contributed by atoms with van der Waals surface area (Å²) in [5.41, 5.74) is -0.614. The molecular formula is C13H17N5O3S3. The number of nitrogens with zero attached hydrogens (tertiary/aromatic N) is 4. The van der Waals surface area contributed by atoms with Gasteiger partial charge in [0.25, 0.3) is 0 Å². The largest absolute Gasteiger partial charge is 0.444 e.